The Morgan fingerprint density at radius 1 is 0.460 bits per heavy atom. The first-order chi connectivity index (χ1) is 24.6. The lowest BCUT2D eigenvalue weighted by atomic mass is 9.93. The van der Waals surface area contributed by atoms with Gasteiger partial charge in [0.15, 0.2) is 0 Å². The molecule has 0 radical (unpaired) electrons. The number of hydrogen-bond donors (Lipinski definition) is 0. The van der Waals surface area contributed by atoms with Crippen molar-refractivity contribution in [3.63, 3.8) is 0 Å². The van der Waals surface area contributed by atoms with Gasteiger partial charge >= 0.3 is 0 Å². The molecule has 1 unspecified atom stereocenters. The van der Waals surface area contributed by atoms with E-state index in [4.69, 9.17) is 0 Å². The highest BCUT2D eigenvalue weighted by molar-refractivity contribution is 7.81. The molecule has 1 aromatic heterocycles. The minimum Gasteiger partial charge on any atom is -0.289 e. The van der Waals surface area contributed by atoms with Crippen LogP contribution >= 0.6 is 7.29 Å². The number of fused-ring (bicyclic) bond motifs is 12. The maximum atomic E-state index is 16.0. The van der Waals surface area contributed by atoms with Crippen LogP contribution < -0.4 is 15.3 Å². The second kappa shape index (κ2) is 11.0. The zero-order valence-corrected chi connectivity index (χ0v) is 28.3. The van der Waals surface area contributed by atoms with E-state index in [9.17, 15) is 0 Å². The highest BCUT2D eigenvalue weighted by Crippen LogP contribution is 2.66. The van der Waals surface area contributed by atoms with E-state index in [-0.39, 0.29) is 0 Å². The molecule has 7 aromatic carbocycles. The van der Waals surface area contributed by atoms with Gasteiger partial charge in [0.2, 0.25) is 7.29 Å². The Labute approximate surface area is 291 Å². The van der Waals surface area contributed by atoms with Gasteiger partial charge in [0.1, 0.15) is 0 Å². The molecule has 10 rings (SSSR count). The number of nitrogens with zero attached hydrogens (tertiary/aromatic N) is 2. The smallest absolute Gasteiger partial charge is 0.235 e. The topological polar surface area (TPSA) is 33.2 Å². The molecule has 236 valence electrons. The molecule has 2 aliphatic heterocycles. The summed E-state index contributed by atoms with van der Waals surface area (Å²) in [4.78, 5) is 4.36. The fraction of sp³-hybridized carbons (Fsp3) is 0.0217. The van der Waals surface area contributed by atoms with Gasteiger partial charge in [-0.05, 0) is 111 Å². The van der Waals surface area contributed by atoms with Gasteiger partial charge in [-0.2, -0.15) is 0 Å². The third-order valence-corrected chi connectivity index (χ3v) is 13.4. The van der Waals surface area contributed by atoms with E-state index in [1.165, 1.54) is 16.3 Å². The summed E-state index contributed by atoms with van der Waals surface area (Å²) in [5.74, 6) is 0. The van der Waals surface area contributed by atoms with Crippen LogP contribution in [-0.2, 0) is 4.57 Å². The zero-order valence-electron chi connectivity index (χ0n) is 27.4. The molecule has 0 fully saturated rings. The van der Waals surface area contributed by atoms with Gasteiger partial charge in [-0.3, -0.25) is 14.2 Å². The van der Waals surface area contributed by atoms with Crippen LogP contribution in [0.1, 0.15) is 5.69 Å². The molecule has 2 aliphatic rings. The first kappa shape index (κ1) is 28.9. The van der Waals surface area contributed by atoms with E-state index in [2.05, 4.69) is 161 Å². The van der Waals surface area contributed by atoms with E-state index < -0.39 is 7.29 Å². The second-order valence-corrected chi connectivity index (χ2v) is 15.7. The van der Waals surface area contributed by atoms with Gasteiger partial charge in [0.25, 0.3) is 0 Å². The Kier molecular flexibility index (Phi) is 6.37. The van der Waals surface area contributed by atoms with Gasteiger partial charge in [-0.1, -0.05) is 115 Å². The summed E-state index contributed by atoms with van der Waals surface area (Å²) in [6.07, 6.45) is 1.86. The Bertz CT molecular complexity index is 2710. The van der Waals surface area contributed by atoms with Crippen LogP contribution in [0.4, 0.5) is 11.4 Å². The molecule has 3 nitrogen and oxygen atoms in total. The summed E-state index contributed by atoms with van der Waals surface area (Å²) >= 11 is 0. The standard InChI is InChI=1S/C46H31N2OP/c1-30-27-35(25-26-47-30)32-19-17-31(18-20-32)34-21-23-43-41(28-34)39-12-4-6-15-45(39)50(49)46-16-7-5-13-40(46)42-29-36(22-24-44(42)48(43)50)38-14-8-10-33-9-2-3-11-37(33)38/h2-29H,1H3. The van der Waals surface area contributed by atoms with Crippen molar-refractivity contribution in [3.8, 4) is 55.6 Å². The second-order valence-electron chi connectivity index (χ2n) is 13.2. The number of anilines is 2. The number of aromatic nitrogens is 1. The molecule has 1 atom stereocenters. The first-order valence-electron chi connectivity index (χ1n) is 17.0. The normalized spacial score (nSPS) is 15.4. The molecule has 0 bridgehead atoms. The van der Waals surface area contributed by atoms with Crippen molar-refractivity contribution in [2.45, 2.75) is 6.92 Å². The lowest BCUT2D eigenvalue weighted by Crippen LogP contribution is -2.37. The molecule has 50 heavy (non-hydrogen) atoms. The molecule has 0 aliphatic carbocycles. The largest absolute Gasteiger partial charge is 0.289 e. The van der Waals surface area contributed by atoms with Gasteiger partial charge in [0.05, 0.1) is 11.4 Å². The quantitative estimate of drug-likeness (QED) is 0.177. The van der Waals surface area contributed by atoms with Crippen LogP contribution in [0.5, 0.6) is 0 Å². The summed E-state index contributed by atoms with van der Waals surface area (Å²) in [7, 11) is -3.29. The predicted octanol–water partition coefficient (Wildman–Crippen LogP) is 11.6. The monoisotopic (exact) mass is 658 g/mol. The van der Waals surface area contributed by atoms with Crippen molar-refractivity contribution in [2.24, 2.45) is 0 Å². The zero-order chi connectivity index (χ0) is 33.4. The Morgan fingerprint density at radius 2 is 0.980 bits per heavy atom. The highest BCUT2D eigenvalue weighted by atomic mass is 31.2. The van der Waals surface area contributed by atoms with Crippen LogP contribution in [0.25, 0.3) is 66.4 Å². The van der Waals surface area contributed by atoms with Crippen LogP contribution in [0, 0.1) is 6.92 Å². The van der Waals surface area contributed by atoms with Gasteiger partial charge < -0.3 is 0 Å². The molecule has 0 spiro atoms. The number of rotatable bonds is 3. The van der Waals surface area contributed by atoms with E-state index in [1.807, 2.05) is 25.3 Å². The molecule has 4 heteroatoms. The molecule has 3 heterocycles. The summed E-state index contributed by atoms with van der Waals surface area (Å²) < 4.78 is 18.1. The molecular weight excluding hydrogens is 627 g/mol. The van der Waals surface area contributed by atoms with E-state index in [0.29, 0.717) is 0 Å². The van der Waals surface area contributed by atoms with Crippen molar-refractivity contribution in [1.29, 1.82) is 0 Å². The van der Waals surface area contributed by atoms with Crippen LogP contribution in [0.15, 0.2) is 170 Å². The van der Waals surface area contributed by atoms with Crippen LogP contribution in [0.3, 0.4) is 0 Å². The van der Waals surface area contributed by atoms with Gasteiger partial charge in [-0.15, -0.1) is 0 Å². The van der Waals surface area contributed by atoms with Crippen molar-refractivity contribution in [2.75, 3.05) is 4.67 Å². The van der Waals surface area contributed by atoms with E-state index >= 15 is 4.57 Å². The van der Waals surface area contributed by atoms with Crippen LogP contribution in [-0.4, -0.2) is 4.98 Å². The third kappa shape index (κ3) is 4.24. The maximum Gasteiger partial charge on any atom is 0.235 e. The molecule has 0 N–H and O–H groups in total. The summed E-state index contributed by atoms with van der Waals surface area (Å²) in [5.41, 5.74) is 14.1. The number of aryl methyl sites for hydroxylation is 1. The summed E-state index contributed by atoms with van der Waals surface area (Å²) in [6.45, 7) is 2.02. The SMILES string of the molecule is Cc1cc(-c2ccc(-c3ccc4c(c3)-c3ccccc3P3(=O)c5ccccc5-c5cc(-c6cccc7ccccc67)ccc5N43)cc2)ccn1. The maximum absolute atomic E-state index is 16.0. The summed E-state index contributed by atoms with van der Waals surface area (Å²) in [5, 5.41) is 4.20. The minimum absolute atomic E-state index is 0.879. The molecular formula is C46H31N2OP. The molecule has 8 aromatic rings. The van der Waals surface area contributed by atoms with E-state index in [1.54, 1.807) is 0 Å². The predicted molar refractivity (Wildman–Crippen MR) is 209 cm³/mol. The minimum atomic E-state index is -3.29. The highest BCUT2D eigenvalue weighted by Gasteiger charge is 2.47. The fourth-order valence-electron chi connectivity index (χ4n) is 7.99. The van der Waals surface area contributed by atoms with Crippen molar-refractivity contribution in [1.82, 2.24) is 4.98 Å². The third-order valence-electron chi connectivity index (χ3n) is 10.3. The van der Waals surface area contributed by atoms with E-state index in [0.717, 1.165) is 77.7 Å². The molecule has 0 saturated heterocycles. The van der Waals surface area contributed by atoms with Crippen molar-refractivity contribution in [3.05, 3.63) is 176 Å². The molecule has 0 amide bonds. The average Bonchev–Trinajstić information content (AvgIpc) is 3.18. The Hall–Kier alpha value is -6.02. The Balaban J connectivity index is 1.16. The Morgan fingerprint density at radius 3 is 1.66 bits per heavy atom. The van der Waals surface area contributed by atoms with Crippen molar-refractivity contribution < 1.29 is 4.57 Å². The molecule has 0 saturated carbocycles. The van der Waals surface area contributed by atoms with Gasteiger partial charge in [-0.25, -0.2) is 0 Å². The number of pyridine rings is 1. The average molecular weight is 659 g/mol. The number of benzene rings is 7. The lowest BCUT2D eigenvalue weighted by molar-refractivity contribution is 0.586. The first-order valence-corrected chi connectivity index (χ1v) is 18.6. The van der Waals surface area contributed by atoms with Crippen molar-refractivity contribution >= 4 is 40.0 Å². The van der Waals surface area contributed by atoms with Gasteiger partial charge in [0, 0.05) is 33.6 Å². The lowest BCUT2D eigenvalue weighted by Gasteiger charge is -2.44. The number of hydrogen-bond acceptors (Lipinski definition) is 2. The van der Waals surface area contributed by atoms with Crippen LogP contribution in [0.2, 0.25) is 0 Å². The summed E-state index contributed by atoms with van der Waals surface area (Å²) in [6, 6.07) is 57.8. The fourth-order valence-corrected chi connectivity index (χ4v) is 11.3.